The average Bonchev–Trinajstić information content (AvgIpc) is 3.64. The van der Waals surface area contributed by atoms with Crippen molar-refractivity contribution in [1.82, 2.24) is 25.3 Å². The van der Waals surface area contributed by atoms with Gasteiger partial charge in [-0.3, -0.25) is 4.79 Å². The lowest BCUT2D eigenvalue weighted by atomic mass is 10.1. The zero-order valence-electron chi connectivity index (χ0n) is 20.4. The maximum absolute atomic E-state index is 12.0. The van der Waals surface area contributed by atoms with Crippen LogP contribution in [0.5, 0.6) is 0 Å². The Hall–Kier alpha value is -2.66. The summed E-state index contributed by atoms with van der Waals surface area (Å²) in [5.41, 5.74) is 1.86. The summed E-state index contributed by atoms with van der Waals surface area (Å²) < 4.78 is 1.99. The molecule has 190 valence electrons. The Morgan fingerprint density at radius 2 is 1.58 bits per heavy atom. The Morgan fingerprint density at radius 3 is 2.22 bits per heavy atom. The van der Waals surface area contributed by atoms with E-state index in [0.29, 0.717) is 17.7 Å². The lowest BCUT2D eigenvalue weighted by molar-refractivity contribution is -0.118. The molecule has 2 saturated heterocycles. The van der Waals surface area contributed by atoms with Crippen LogP contribution in [0.1, 0.15) is 51.4 Å². The van der Waals surface area contributed by atoms with Gasteiger partial charge in [-0.1, -0.05) is 11.8 Å². The molecule has 6 rings (SSSR count). The largest absolute Gasteiger partial charge is 0.353 e. The van der Waals surface area contributed by atoms with Gasteiger partial charge in [0.25, 0.3) is 0 Å². The number of thioether (sulfide) groups is 1. The maximum atomic E-state index is 12.0. The number of nitrogens with one attached hydrogen (secondary N) is 2. The lowest BCUT2D eigenvalue weighted by Gasteiger charge is -2.30. The number of amides is 1. The summed E-state index contributed by atoms with van der Waals surface area (Å²) in [5.74, 6) is 2.63. The molecule has 2 N–H and O–H groups in total. The molecule has 3 fully saturated rings. The highest BCUT2D eigenvalue weighted by Crippen LogP contribution is 2.32. The van der Waals surface area contributed by atoms with Crippen molar-refractivity contribution in [3.05, 3.63) is 18.2 Å². The first-order valence-electron chi connectivity index (χ1n) is 13.1. The zero-order valence-corrected chi connectivity index (χ0v) is 22.0. The number of benzene rings is 1. The smallest absolute Gasteiger partial charge is 0.233 e. The van der Waals surface area contributed by atoms with E-state index in [9.17, 15) is 4.79 Å². The molecule has 0 spiro atoms. The number of fused-ring (bicyclic) bond motifs is 1. The van der Waals surface area contributed by atoms with Crippen molar-refractivity contribution in [2.45, 2.75) is 61.7 Å². The molecule has 0 unspecified atom stereocenters. The molecule has 1 aromatic carbocycles. The van der Waals surface area contributed by atoms with E-state index in [2.05, 4.69) is 26.5 Å². The molecule has 11 heteroatoms. The Bertz CT molecular complexity index is 1180. The van der Waals surface area contributed by atoms with Gasteiger partial charge in [-0.05, 0) is 69.6 Å². The van der Waals surface area contributed by atoms with Crippen LogP contribution in [0, 0.1) is 0 Å². The minimum Gasteiger partial charge on any atom is -0.353 e. The van der Waals surface area contributed by atoms with Crippen molar-refractivity contribution < 1.29 is 4.79 Å². The van der Waals surface area contributed by atoms with Crippen LogP contribution < -0.4 is 20.4 Å². The molecule has 1 aliphatic carbocycles. The van der Waals surface area contributed by atoms with Crippen LogP contribution in [0.25, 0.3) is 10.2 Å². The fourth-order valence-corrected chi connectivity index (χ4v) is 6.60. The molecule has 3 aromatic rings. The number of aromatic nitrogens is 4. The molecule has 0 bridgehead atoms. The van der Waals surface area contributed by atoms with Gasteiger partial charge in [0.1, 0.15) is 0 Å². The van der Waals surface area contributed by atoms with Crippen LogP contribution in [0.4, 0.5) is 23.5 Å². The molecule has 36 heavy (non-hydrogen) atoms. The van der Waals surface area contributed by atoms with Crippen LogP contribution in [-0.2, 0) is 4.79 Å². The van der Waals surface area contributed by atoms with E-state index < -0.39 is 0 Å². The van der Waals surface area contributed by atoms with Gasteiger partial charge in [-0.2, -0.15) is 15.0 Å². The molecule has 9 nitrogen and oxygen atoms in total. The Balaban J connectivity index is 1.20. The normalized spacial score (nSPS) is 18.4. The topological polar surface area (TPSA) is 99.2 Å². The number of thiazole rings is 1. The van der Waals surface area contributed by atoms with Gasteiger partial charge in [0, 0.05) is 37.9 Å². The first-order chi connectivity index (χ1) is 17.7. The predicted molar refractivity (Wildman–Crippen MR) is 147 cm³/mol. The fourth-order valence-electron chi connectivity index (χ4n) is 4.68. The molecular formula is C25H32N8OS2. The molecule has 2 aliphatic heterocycles. The molecule has 3 aliphatic rings. The van der Waals surface area contributed by atoms with Crippen LogP contribution >= 0.6 is 23.1 Å². The predicted octanol–water partition coefficient (Wildman–Crippen LogP) is 4.58. The quantitative estimate of drug-likeness (QED) is 0.410. The van der Waals surface area contributed by atoms with E-state index in [1.165, 1.54) is 50.3 Å². The van der Waals surface area contributed by atoms with Crippen molar-refractivity contribution >= 4 is 62.8 Å². The Morgan fingerprint density at radius 1 is 0.917 bits per heavy atom. The van der Waals surface area contributed by atoms with Crippen LogP contribution in [0.15, 0.2) is 22.5 Å². The SMILES string of the molecule is O=C(CSc1nc2ccc(Nc3nc(N4CCCCC4)nc(N4CCCCC4)n3)cc2s1)NC1CC1. The number of nitrogens with zero attached hydrogens (tertiary/aromatic N) is 6. The van der Waals surface area contributed by atoms with Crippen molar-refractivity contribution in [1.29, 1.82) is 0 Å². The number of hydrogen-bond donors (Lipinski definition) is 2. The van der Waals surface area contributed by atoms with E-state index >= 15 is 0 Å². The van der Waals surface area contributed by atoms with Crippen molar-refractivity contribution in [3.63, 3.8) is 0 Å². The highest BCUT2D eigenvalue weighted by Gasteiger charge is 2.23. The summed E-state index contributed by atoms with van der Waals surface area (Å²) in [6.45, 7) is 3.98. The summed E-state index contributed by atoms with van der Waals surface area (Å²) in [4.78, 5) is 35.8. The first-order valence-corrected chi connectivity index (χ1v) is 14.9. The molecule has 4 heterocycles. The number of hydrogen-bond acceptors (Lipinski definition) is 10. The van der Waals surface area contributed by atoms with E-state index in [1.807, 2.05) is 12.1 Å². The van der Waals surface area contributed by atoms with E-state index in [0.717, 1.165) is 71.2 Å². The van der Waals surface area contributed by atoms with Gasteiger partial charge in [0.05, 0.1) is 16.0 Å². The maximum Gasteiger partial charge on any atom is 0.233 e. The third-order valence-electron chi connectivity index (χ3n) is 6.78. The standard InChI is InChI=1S/C25H32N8OS2/c34-21(26-17-7-8-17)16-35-25-28-19-10-9-18(15-20(19)36-25)27-22-29-23(32-11-3-1-4-12-32)31-24(30-22)33-13-5-2-6-14-33/h9-10,15,17H,1-8,11-14,16H2,(H,26,34)(H,27,29,30,31). The minimum atomic E-state index is 0.0907. The average molecular weight is 525 g/mol. The number of carbonyl (C=O) groups excluding carboxylic acids is 1. The number of rotatable bonds is 8. The minimum absolute atomic E-state index is 0.0907. The number of anilines is 4. The van der Waals surface area contributed by atoms with Crippen molar-refractivity contribution in [2.75, 3.05) is 47.0 Å². The van der Waals surface area contributed by atoms with Crippen molar-refractivity contribution in [3.8, 4) is 0 Å². The Kier molecular flexibility index (Phi) is 7.09. The Labute approximate surface area is 219 Å². The lowest BCUT2D eigenvalue weighted by Crippen LogP contribution is -2.34. The first kappa shape index (κ1) is 23.7. The van der Waals surface area contributed by atoms with Gasteiger partial charge in [0.2, 0.25) is 23.8 Å². The summed E-state index contributed by atoms with van der Waals surface area (Å²) in [6, 6.07) is 6.51. The van der Waals surface area contributed by atoms with Gasteiger partial charge >= 0.3 is 0 Å². The highest BCUT2D eigenvalue weighted by atomic mass is 32.2. The molecule has 1 amide bonds. The van der Waals surface area contributed by atoms with Gasteiger partial charge in [-0.25, -0.2) is 4.98 Å². The molecule has 0 atom stereocenters. The second kappa shape index (κ2) is 10.8. The second-order valence-corrected chi connectivity index (χ2v) is 12.0. The highest BCUT2D eigenvalue weighted by molar-refractivity contribution is 8.01. The number of piperidine rings is 2. The summed E-state index contributed by atoms with van der Waals surface area (Å²) >= 11 is 3.11. The van der Waals surface area contributed by atoms with E-state index in [1.54, 1.807) is 11.3 Å². The number of carbonyl (C=O) groups is 1. The molecule has 1 saturated carbocycles. The van der Waals surface area contributed by atoms with Crippen LogP contribution in [-0.4, -0.2) is 63.8 Å². The van der Waals surface area contributed by atoms with E-state index in [4.69, 9.17) is 19.9 Å². The summed E-state index contributed by atoms with van der Waals surface area (Å²) in [5, 5.41) is 6.47. The zero-order chi connectivity index (χ0) is 24.3. The van der Waals surface area contributed by atoms with Gasteiger partial charge < -0.3 is 20.4 Å². The fraction of sp³-hybridized carbons (Fsp3) is 0.560. The van der Waals surface area contributed by atoms with Crippen LogP contribution in [0.2, 0.25) is 0 Å². The van der Waals surface area contributed by atoms with Crippen LogP contribution in [0.3, 0.4) is 0 Å². The third kappa shape index (κ3) is 5.83. The molecular weight excluding hydrogens is 492 g/mol. The summed E-state index contributed by atoms with van der Waals surface area (Å²) in [7, 11) is 0. The van der Waals surface area contributed by atoms with Gasteiger partial charge in [0.15, 0.2) is 4.34 Å². The summed E-state index contributed by atoms with van der Waals surface area (Å²) in [6.07, 6.45) is 9.46. The van der Waals surface area contributed by atoms with Gasteiger partial charge in [-0.15, -0.1) is 11.3 Å². The van der Waals surface area contributed by atoms with E-state index in [-0.39, 0.29) is 5.91 Å². The monoisotopic (exact) mass is 524 g/mol. The van der Waals surface area contributed by atoms with Crippen molar-refractivity contribution in [2.24, 2.45) is 0 Å². The molecule has 2 aromatic heterocycles. The second-order valence-electron chi connectivity index (χ2n) is 9.77. The molecule has 0 radical (unpaired) electrons. The third-order valence-corrected chi connectivity index (χ3v) is 8.94.